The lowest BCUT2D eigenvalue weighted by atomic mass is 10.2. The van der Waals surface area contributed by atoms with Crippen molar-refractivity contribution in [1.82, 2.24) is 24.5 Å². The van der Waals surface area contributed by atoms with Crippen LogP contribution in [0.3, 0.4) is 0 Å². The quantitative estimate of drug-likeness (QED) is 0.743. The fourth-order valence-corrected chi connectivity index (χ4v) is 2.08. The first-order chi connectivity index (χ1) is 9.84. The zero-order chi connectivity index (χ0) is 13.8. The standard InChI is InChI=1S/C14H16N6/c1-11-10-15-3-2-12(11)16-6-8-20-9-7-19-14(20)13-17-4-5-18-13/h2-5,7,9-10H,6,8H2,1H3,(H,15,16)(H,17,18). The second kappa shape index (κ2) is 5.56. The van der Waals surface area contributed by atoms with E-state index in [1.54, 1.807) is 24.8 Å². The number of anilines is 1. The van der Waals surface area contributed by atoms with Gasteiger partial charge in [0.2, 0.25) is 0 Å². The second-order valence-corrected chi connectivity index (χ2v) is 4.50. The Morgan fingerprint density at radius 2 is 2.20 bits per heavy atom. The van der Waals surface area contributed by atoms with Crippen molar-refractivity contribution >= 4 is 5.69 Å². The zero-order valence-corrected chi connectivity index (χ0v) is 11.2. The number of rotatable bonds is 5. The molecule has 3 heterocycles. The highest BCUT2D eigenvalue weighted by molar-refractivity contribution is 5.48. The predicted molar refractivity (Wildman–Crippen MR) is 77.3 cm³/mol. The molecule has 102 valence electrons. The minimum absolute atomic E-state index is 0.787. The molecule has 0 fully saturated rings. The maximum Gasteiger partial charge on any atom is 0.176 e. The molecule has 3 rings (SSSR count). The molecule has 0 saturated heterocycles. The van der Waals surface area contributed by atoms with Crippen LogP contribution in [0.5, 0.6) is 0 Å². The van der Waals surface area contributed by atoms with Gasteiger partial charge in [0.1, 0.15) is 0 Å². The van der Waals surface area contributed by atoms with Crippen molar-refractivity contribution < 1.29 is 0 Å². The Kier molecular flexibility index (Phi) is 3.45. The number of aryl methyl sites for hydroxylation is 1. The summed E-state index contributed by atoms with van der Waals surface area (Å²) in [6.45, 7) is 3.67. The number of nitrogens with zero attached hydrogens (tertiary/aromatic N) is 4. The van der Waals surface area contributed by atoms with Crippen LogP contribution >= 0.6 is 0 Å². The molecule has 0 spiro atoms. The Morgan fingerprint density at radius 1 is 1.25 bits per heavy atom. The monoisotopic (exact) mass is 268 g/mol. The predicted octanol–water partition coefficient (Wildman–Crippen LogP) is 2.09. The summed E-state index contributed by atoms with van der Waals surface area (Å²) in [7, 11) is 0. The number of pyridine rings is 1. The molecule has 0 aliphatic carbocycles. The van der Waals surface area contributed by atoms with E-state index in [1.165, 1.54) is 0 Å². The average Bonchev–Trinajstić information content (AvgIpc) is 3.11. The molecule has 0 saturated carbocycles. The summed E-state index contributed by atoms with van der Waals surface area (Å²) >= 11 is 0. The number of hydrogen-bond donors (Lipinski definition) is 2. The van der Waals surface area contributed by atoms with Crippen molar-refractivity contribution in [2.24, 2.45) is 0 Å². The third-order valence-corrected chi connectivity index (χ3v) is 3.11. The Bertz CT molecular complexity index is 671. The van der Waals surface area contributed by atoms with E-state index in [0.717, 1.165) is 36.0 Å². The molecule has 0 atom stereocenters. The number of hydrogen-bond acceptors (Lipinski definition) is 4. The van der Waals surface area contributed by atoms with Gasteiger partial charge in [0.25, 0.3) is 0 Å². The molecule has 6 nitrogen and oxygen atoms in total. The molecule has 0 amide bonds. The van der Waals surface area contributed by atoms with E-state index < -0.39 is 0 Å². The van der Waals surface area contributed by atoms with Crippen LogP contribution in [0.4, 0.5) is 5.69 Å². The first-order valence-electron chi connectivity index (χ1n) is 6.50. The molecule has 6 heteroatoms. The highest BCUT2D eigenvalue weighted by atomic mass is 15.1. The van der Waals surface area contributed by atoms with Gasteiger partial charge in [-0.3, -0.25) is 4.98 Å². The topological polar surface area (TPSA) is 71.4 Å². The van der Waals surface area contributed by atoms with E-state index in [0.29, 0.717) is 0 Å². The summed E-state index contributed by atoms with van der Waals surface area (Å²) in [5, 5.41) is 3.40. The van der Waals surface area contributed by atoms with Gasteiger partial charge in [0.05, 0.1) is 0 Å². The fraction of sp³-hybridized carbons (Fsp3) is 0.214. The summed E-state index contributed by atoms with van der Waals surface area (Å²) in [6, 6.07) is 1.98. The Hall–Kier alpha value is -2.63. The Labute approximate surface area is 116 Å². The highest BCUT2D eigenvalue weighted by Gasteiger charge is 2.07. The summed E-state index contributed by atoms with van der Waals surface area (Å²) in [6.07, 6.45) is 10.9. The van der Waals surface area contributed by atoms with Gasteiger partial charge in [-0.05, 0) is 18.6 Å². The van der Waals surface area contributed by atoms with Crippen molar-refractivity contribution in [3.8, 4) is 11.6 Å². The maximum absolute atomic E-state index is 4.33. The van der Waals surface area contributed by atoms with Gasteiger partial charge in [0.15, 0.2) is 11.6 Å². The molecule has 0 unspecified atom stereocenters. The van der Waals surface area contributed by atoms with Crippen LogP contribution in [0.25, 0.3) is 11.6 Å². The molecule has 0 radical (unpaired) electrons. The number of H-pyrrole nitrogens is 1. The normalized spacial score (nSPS) is 10.7. The molecule has 0 aliphatic heterocycles. The van der Waals surface area contributed by atoms with E-state index in [1.807, 2.05) is 25.4 Å². The third kappa shape index (κ3) is 2.54. The molecular weight excluding hydrogens is 252 g/mol. The lowest BCUT2D eigenvalue weighted by Crippen LogP contribution is -2.12. The zero-order valence-electron chi connectivity index (χ0n) is 11.2. The van der Waals surface area contributed by atoms with Crippen LogP contribution in [-0.4, -0.2) is 31.0 Å². The maximum atomic E-state index is 4.33. The van der Waals surface area contributed by atoms with Crippen molar-refractivity contribution in [3.05, 3.63) is 48.8 Å². The number of aromatic nitrogens is 5. The van der Waals surface area contributed by atoms with Gasteiger partial charge >= 0.3 is 0 Å². The van der Waals surface area contributed by atoms with Crippen LogP contribution in [0.2, 0.25) is 0 Å². The van der Waals surface area contributed by atoms with E-state index in [2.05, 4.69) is 29.8 Å². The molecule has 0 aromatic carbocycles. The first-order valence-corrected chi connectivity index (χ1v) is 6.50. The lowest BCUT2D eigenvalue weighted by Gasteiger charge is -2.10. The minimum Gasteiger partial charge on any atom is -0.383 e. The summed E-state index contributed by atoms with van der Waals surface area (Å²) < 4.78 is 2.07. The van der Waals surface area contributed by atoms with Crippen LogP contribution < -0.4 is 5.32 Å². The van der Waals surface area contributed by atoms with Crippen molar-refractivity contribution in [1.29, 1.82) is 0 Å². The third-order valence-electron chi connectivity index (χ3n) is 3.11. The smallest absolute Gasteiger partial charge is 0.176 e. The largest absolute Gasteiger partial charge is 0.383 e. The van der Waals surface area contributed by atoms with Gasteiger partial charge in [0, 0.05) is 56.0 Å². The summed E-state index contributed by atoms with van der Waals surface area (Å²) in [4.78, 5) is 15.7. The molecule has 2 N–H and O–H groups in total. The number of nitrogens with one attached hydrogen (secondary N) is 2. The molecule has 3 aromatic rings. The van der Waals surface area contributed by atoms with Crippen LogP contribution in [-0.2, 0) is 6.54 Å². The van der Waals surface area contributed by atoms with E-state index in [9.17, 15) is 0 Å². The molecule has 0 aliphatic rings. The highest BCUT2D eigenvalue weighted by Crippen LogP contribution is 2.13. The molecule has 3 aromatic heterocycles. The van der Waals surface area contributed by atoms with Crippen molar-refractivity contribution in [2.75, 3.05) is 11.9 Å². The Morgan fingerprint density at radius 3 is 3.00 bits per heavy atom. The SMILES string of the molecule is Cc1cnccc1NCCn1ccnc1-c1ncc[nH]1. The second-order valence-electron chi connectivity index (χ2n) is 4.50. The van der Waals surface area contributed by atoms with E-state index >= 15 is 0 Å². The number of aromatic amines is 1. The van der Waals surface area contributed by atoms with Crippen LogP contribution in [0, 0.1) is 6.92 Å². The van der Waals surface area contributed by atoms with Crippen molar-refractivity contribution in [2.45, 2.75) is 13.5 Å². The van der Waals surface area contributed by atoms with Gasteiger partial charge in [-0.2, -0.15) is 0 Å². The van der Waals surface area contributed by atoms with E-state index in [4.69, 9.17) is 0 Å². The summed E-state index contributed by atoms with van der Waals surface area (Å²) in [5.41, 5.74) is 2.25. The van der Waals surface area contributed by atoms with Gasteiger partial charge < -0.3 is 14.9 Å². The molecular formula is C14H16N6. The number of imidazole rings is 2. The average molecular weight is 268 g/mol. The van der Waals surface area contributed by atoms with E-state index in [-0.39, 0.29) is 0 Å². The first kappa shape index (κ1) is 12.4. The fourth-order valence-electron chi connectivity index (χ4n) is 2.08. The molecule has 20 heavy (non-hydrogen) atoms. The summed E-state index contributed by atoms with van der Waals surface area (Å²) in [5.74, 6) is 1.64. The van der Waals surface area contributed by atoms with Gasteiger partial charge in [-0.25, -0.2) is 9.97 Å². The van der Waals surface area contributed by atoms with Gasteiger partial charge in [-0.1, -0.05) is 0 Å². The molecule has 0 bridgehead atoms. The minimum atomic E-state index is 0.787. The van der Waals surface area contributed by atoms with Crippen molar-refractivity contribution in [3.63, 3.8) is 0 Å². The van der Waals surface area contributed by atoms with Crippen LogP contribution in [0.15, 0.2) is 43.2 Å². The lowest BCUT2D eigenvalue weighted by molar-refractivity contribution is 0.731. The van der Waals surface area contributed by atoms with Crippen LogP contribution in [0.1, 0.15) is 5.56 Å². The Balaban J connectivity index is 1.65. The van der Waals surface area contributed by atoms with Gasteiger partial charge in [-0.15, -0.1) is 0 Å².